The third-order valence-electron chi connectivity index (χ3n) is 4.94. The van der Waals surface area contributed by atoms with Crippen molar-refractivity contribution in [1.82, 2.24) is 4.90 Å². The van der Waals surface area contributed by atoms with E-state index < -0.39 is 9.73 Å². The lowest BCUT2D eigenvalue weighted by Crippen LogP contribution is -2.14. The van der Waals surface area contributed by atoms with Crippen LogP contribution in [0.1, 0.15) is 18.1 Å². The first-order valence-corrected chi connectivity index (χ1v) is 12.6. The molecule has 0 aliphatic heterocycles. The summed E-state index contributed by atoms with van der Waals surface area (Å²) >= 11 is 6.42. The molecule has 0 N–H and O–H groups in total. The van der Waals surface area contributed by atoms with Gasteiger partial charge < -0.3 is 9.64 Å². The summed E-state index contributed by atoms with van der Waals surface area (Å²) in [6.45, 7) is 5.24. The summed E-state index contributed by atoms with van der Waals surface area (Å²) < 4.78 is 23.8. The van der Waals surface area contributed by atoms with Crippen LogP contribution in [0.3, 0.4) is 0 Å². The van der Waals surface area contributed by atoms with E-state index in [4.69, 9.17) is 16.3 Å². The van der Waals surface area contributed by atoms with Crippen molar-refractivity contribution in [3.8, 4) is 11.5 Å². The highest BCUT2D eigenvalue weighted by Crippen LogP contribution is 2.35. The predicted octanol–water partition coefficient (Wildman–Crippen LogP) is 6.71. The first-order valence-electron chi connectivity index (χ1n) is 10.3. The molecule has 0 spiro atoms. The van der Waals surface area contributed by atoms with E-state index in [2.05, 4.69) is 9.36 Å². The molecule has 0 saturated carbocycles. The third-order valence-corrected chi connectivity index (χ3v) is 7.00. The highest BCUT2D eigenvalue weighted by molar-refractivity contribution is 7.93. The summed E-state index contributed by atoms with van der Waals surface area (Å²) in [5.74, 6) is 1.20. The average Bonchev–Trinajstić information content (AvgIpc) is 2.79. The molecular formula is C25H28ClN3O2S. The van der Waals surface area contributed by atoms with Gasteiger partial charge in [0.05, 0.1) is 38.2 Å². The van der Waals surface area contributed by atoms with Crippen LogP contribution in [0, 0.1) is 6.92 Å². The Labute approximate surface area is 195 Å². The van der Waals surface area contributed by atoms with Gasteiger partial charge in [0.1, 0.15) is 11.5 Å². The number of aryl methyl sites for hydroxylation is 1. The molecule has 168 valence electrons. The lowest BCUT2D eigenvalue weighted by atomic mass is 10.2. The van der Waals surface area contributed by atoms with Crippen LogP contribution in [0.2, 0.25) is 5.02 Å². The Morgan fingerprint density at radius 3 is 2.56 bits per heavy atom. The van der Waals surface area contributed by atoms with E-state index in [1.807, 2.05) is 80.4 Å². The topological polar surface area (TPSA) is 54.3 Å². The number of halogens is 1. The van der Waals surface area contributed by atoms with Gasteiger partial charge in [0, 0.05) is 25.9 Å². The molecule has 1 unspecified atom stereocenters. The minimum absolute atomic E-state index is 0.394. The van der Waals surface area contributed by atoms with E-state index in [-0.39, 0.29) is 0 Å². The Bertz CT molecular complexity index is 1220. The van der Waals surface area contributed by atoms with Gasteiger partial charge in [0.25, 0.3) is 0 Å². The predicted molar refractivity (Wildman–Crippen MR) is 134 cm³/mol. The maximum atomic E-state index is 13.2. The first kappa shape index (κ1) is 23.8. The van der Waals surface area contributed by atoms with Gasteiger partial charge in [-0.05, 0) is 49.2 Å². The normalized spacial score (nSPS) is 13.0. The van der Waals surface area contributed by atoms with Crippen LogP contribution in [0.15, 0.2) is 81.0 Å². The van der Waals surface area contributed by atoms with E-state index in [1.54, 1.807) is 24.7 Å². The standard InChI is InChI=1S/C25H28ClN3O2S/c1-5-29(3)18-27-24-14-19(2)25(16-23(24)26)31-21-12-9-13-22(15-21)32(4,30)28-17-20-10-7-6-8-11-20/h6-16,18H,5,17H2,1-4H3. The summed E-state index contributed by atoms with van der Waals surface area (Å²) in [6, 6.07) is 20.7. The molecule has 0 radical (unpaired) electrons. The molecule has 0 fully saturated rings. The van der Waals surface area contributed by atoms with Crippen molar-refractivity contribution in [2.75, 3.05) is 19.8 Å². The number of benzene rings is 3. The van der Waals surface area contributed by atoms with Gasteiger partial charge in [0.15, 0.2) is 0 Å². The number of nitrogens with zero attached hydrogens (tertiary/aromatic N) is 3. The van der Waals surface area contributed by atoms with E-state index in [0.29, 0.717) is 33.6 Å². The second kappa shape index (κ2) is 10.7. The van der Waals surface area contributed by atoms with Gasteiger partial charge in [-0.2, -0.15) is 0 Å². The Kier molecular flexibility index (Phi) is 7.94. The minimum atomic E-state index is -2.57. The zero-order valence-electron chi connectivity index (χ0n) is 18.8. The van der Waals surface area contributed by atoms with Crippen LogP contribution in [0.4, 0.5) is 5.69 Å². The highest BCUT2D eigenvalue weighted by atomic mass is 35.5. The molecule has 0 heterocycles. The SMILES string of the molecule is CCN(C)C=Nc1cc(C)c(Oc2cccc(S(C)(=O)=NCc3ccccc3)c2)cc1Cl. The molecule has 0 aliphatic rings. The number of hydrogen-bond donors (Lipinski definition) is 0. The molecule has 3 aromatic carbocycles. The zero-order chi connectivity index (χ0) is 23.1. The van der Waals surface area contributed by atoms with Crippen molar-refractivity contribution in [3.63, 3.8) is 0 Å². The summed E-state index contributed by atoms with van der Waals surface area (Å²) in [6.07, 6.45) is 3.40. The van der Waals surface area contributed by atoms with E-state index in [9.17, 15) is 4.21 Å². The largest absolute Gasteiger partial charge is 0.457 e. The third kappa shape index (κ3) is 6.34. The Hall–Kier alpha value is -2.83. The highest BCUT2D eigenvalue weighted by Gasteiger charge is 2.11. The molecule has 32 heavy (non-hydrogen) atoms. The average molecular weight is 470 g/mol. The van der Waals surface area contributed by atoms with Gasteiger partial charge >= 0.3 is 0 Å². The molecule has 7 heteroatoms. The molecule has 5 nitrogen and oxygen atoms in total. The number of aliphatic imine (C=N–C) groups is 1. The molecule has 3 aromatic rings. The van der Waals surface area contributed by atoms with Crippen molar-refractivity contribution in [2.45, 2.75) is 25.3 Å². The monoisotopic (exact) mass is 469 g/mol. The maximum absolute atomic E-state index is 13.2. The van der Waals surface area contributed by atoms with Crippen LogP contribution in [0.5, 0.6) is 11.5 Å². The quantitative estimate of drug-likeness (QED) is 0.272. The summed E-state index contributed by atoms with van der Waals surface area (Å²) in [4.78, 5) is 7.03. The minimum Gasteiger partial charge on any atom is -0.457 e. The fourth-order valence-electron chi connectivity index (χ4n) is 2.86. The number of rotatable bonds is 8. The van der Waals surface area contributed by atoms with Crippen molar-refractivity contribution in [3.05, 3.63) is 82.9 Å². The number of hydrogen-bond acceptors (Lipinski definition) is 4. The van der Waals surface area contributed by atoms with Crippen molar-refractivity contribution < 1.29 is 8.95 Å². The van der Waals surface area contributed by atoms with E-state index in [0.717, 1.165) is 17.7 Å². The molecule has 0 aromatic heterocycles. The Morgan fingerprint density at radius 1 is 1.09 bits per heavy atom. The van der Waals surface area contributed by atoms with E-state index in [1.165, 1.54) is 0 Å². The van der Waals surface area contributed by atoms with Gasteiger partial charge in [0.2, 0.25) is 0 Å². The number of ether oxygens (including phenoxy) is 1. The summed E-state index contributed by atoms with van der Waals surface area (Å²) in [5, 5.41) is 0.500. The smallest absolute Gasteiger partial charge is 0.131 e. The first-order chi connectivity index (χ1) is 15.3. The Morgan fingerprint density at radius 2 is 1.84 bits per heavy atom. The van der Waals surface area contributed by atoms with Gasteiger partial charge in [-0.25, -0.2) is 13.6 Å². The van der Waals surface area contributed by atoms with Crippen LogP contribution in [-0.4, -0.2) is 35.3 Å². The van der Waals surface area contributed by atoms with Crippen molar-refractivity contribution in [2.24, 2.45) is 9.36 Å². The molecule has 0 bridgehead atoms. The molecule has 0 saturated heterocycles. The lowest BCUT2D eigenvalue weighted by molar-refractivity contribution is 0.477. The molecule has 3 rings (SSSR count). The second-order valence-electron chi connectivity index (χ2n) is 7.54. The van der Waals surface area contributed by atoms with Crippen LogP contribution in [0.25, 0.3) is 0 Å². The summed E-state index contributed by atoms with van der Waals surface area (Å²) in [7, 11) is -0.620. The van der Waals surface area contributed by atoms with Gasteiger partial charge in [-0.1, -0.05) is 48.0 Å². The van der Waals surface area contributed by atoms with Crippen molar-refractivity contribution in [1.29, 1.82) is 0 Å². The van der Waals surface area contributed by atoms with Gasteiger partial charge in [-0.3, -0.25) is 0 Å². The fraction of sp³-hybridized carbons (Fsp3) is 0.240. The van der Waals surface area contributed by atoms with Crippen LogP contribution < -0.4 is 4.74 Å². The second-order valence-corrected chi connectivity index (χ2v) is 10.3. The molecular weight excluding hydrogens is 442 g/mol. The van der Waals surface area contributed by atoms with E-state index >= 15 is 0 Å². The van der Waals surface area contributed by atoms with Crippen molar-refractivity contribution >= 4 is 33.4 Å². The molecule has 1 atom stereocenters. The Balaban J connectivity index is 1.82. The zero-order valence-corrected chi connectivity index (χ0v) is 20.4. The van der Waals surface area contributed by atoms with Crippen LogP contribution >= 0.6 is 11.6 Å². The maximum Gasteiger partial charge on any atom is 0.131 e. The summed E-state index contributed by atoms with van der Waals surface area (Å²) in [5.41, 5.74) is 2.60. The molecule has 0 amide bonds. The lowest BCUT2D eigenvalue weighted by Gasteiger charge is -2.13. The fourth-order valence-corrected chi connectivity index (χ4v) is 4.27. The molecule has 0 aliphatic carbocycles. The van der Waals surface area contributed by atoms with Gasteiger partial charge in [-0.15, -0.1) is 0 Å². The van der Waals surface area contributed by atoms with Crippen LogP contribution in [-0.2, 0) is 16.3 Å².